The lowest BCUT2D eigenvalue weighted by molar-refractivity contribution is 0.0770. The van der Waals surface area contributed by atoms with Crippen molar-refractivity contribution in [3.8, 4) is 0 Å². The Bertz CT molecular complexity index is 440. The van der Waals surface area contributed by atoms with E-state index in [0.29, 0.717) is 12.2 Å². The molecule has 0 aromatic carbocycles. The van der Waals surface area contributed by atoms with Crippen molar-refractivity contribution < 1.29 is 4.79 Å². The molecule has 0 spiro atoms. The van der Waals surface area contributed by atoms with Gasteiger partial charge >= 0.3 is 0 Å². The minimum atomic E-state index is 0.0200. The smallest absolute Gasteiger partial charge is 0.274 e. The fourth-order valence-corrected chi connectivity index (χ4v) is 2.27. The van der Waals surface area contributed by atoms with Crippen LogP contribution >= 0.6 is 0 Å². The molecule has 1 fully saturated rings. The van der Waals surface area contributed by atoms with Crippen molar-refractivity contribution in [3.63, 3.8) is 0 Å². The van der Waals surface area contributed by atoms with Gasteiger partial charge in [0.05, 0.1) is 0 Å². The van der Waals surface area contributed by atoms with Crippen molar-refractivity contribution in [1.29, 1.82) is 0 Å². The largest absolute Gasteiger partial charge is 0.337 e. The molecule has 1 aliphatic heterocycles. The molecule has 1 unspecified atom stereocenters. The summed E-state index contributed by atoms with van der Waals surface area (Å²) in [6.45, 7) is 8.35. The van der Waals surface area contributed by atoms with Gasteiger partial charge in [-0.15, -0.1) is 0 Å². The minimum absolute atomic E-state index is 0.0200. The first-order valence-corrected chi connectivity index (χ1v) is 6.50. The van der Waals surface area contributed by atoms with Gasteiger partial charge in [0.2, 0.25) is 0 Å². The minimum Gasteiger partial charge on any atom is -0.337 e. The molecule has 1 aromatic heterocycles. The summed E-state index contributed by atoms with van der Waals surface area (Å²) in [7, 11) is 0. The first-order valence-electron chi connectivity index (χ1n) is 6.50. The molecule has 0 bridgehead atoms. The standard InChI is InChI=1S/C13H22N4O/c1-10(2)17-6-4-11(15-17)12(18)16-7-5-13(3,8-14)9-16/h4,6,10H,5,7-9,14H2,1-3H3. The molecule has 2 rings (SSSR count). The van der Waals surface area contributed by atoms with Crippen molar-refractivity contribution in [1.82, 2.24) is 14.7 Å². The van der Waals surface area contributed by atoms with E-state index in [2.05, 4.69) is 12.0 Å². The molecular formula is C13H22N4O. The molecule has 5 heteroatoms. The number of nitrogens with zero attached hydrogens (tertiary/aromatic N) is 3. The van der Waals surface area contributed by atoms with Crippen LogP contribution in [0.1, 0.15) is 43.7 Å². The molecule has 0 saturated carbocycles. The zero-order valence-electron chi connectivity index (χ0n) is 11.4. The SMILES string of the molecule is CC(C)n1ccc(C(=O)N2CCC(C)(CN)C2)n1. The number of hydrogen-bond donors (Lipinski definition) is 1. The molecule has 0 aliphatic carbocycles. The number of hydrogen-bond acceptors (Lipinski definition) is 3. The third kappa shape index (κ3) is 2.41. The second kappa shape index (κ2) is 4.72. The van der Waals surface area contributed by atoms with E-state index in [1.165, 1.54) is 0 Å². The van der Waals surface area contributed by atoms with Crippen LogP contribution in [0.2, 0.25) is 0 Å². The molecule has 2 heterocycles. The Morgan fingerprint density at radius 3 is 2.83 bits per heavy atom. The highest BCUT2D eigenvalue weighted by atomic mass is 16.2. The maximum Gasteiger partial charge on any atom is 0.274 e. The third-order valence-corrected chi connectivity index (χ3v) is 3.69. The Kier molecular flexibility index (Phi) is 3.43. The number of carbonyl (C=O) groups is 1. The molecule has 5 nitrogen and oxygen atoms in total. The Balaban J connectivity index is 2.08. The van der Waals surface area contributed by atoms with E-state index in [1.807, 2.05) is 29.6 Å². The van der Waals surface area contributed by atoms with Crippen LogP contribution in [-0.4, -0.2) is 40.2 Å². The Morgan fingerprint density at radius 2 is 2.33 bits per heavy atom. The summed E-state index contributed by atoms with van der Waals surface area (Å²) in [5.41, 5.74) is 6.35. The van der Waals surface area contributed by atoms with E-state index >= 15 is 0 Å². The molecule has 1 aromatic rings. The molecular weight excluding hydrogens is 228 g/mol. The van der Waals surface area contributed by atoms with Crippen molar-refractivity contribution >= 4 is 5.91 Å². The summed E-state index contributed by atoms with van der Waals surface area (Å²) >= 11 is 0. The molecule has 1 atom stereocenters. The summed E-state index contributed by atoms with van der Waals surface area (Å²) < 4.78 is 1.81. The first-order chi connectivity index (χ1) is 8.45. The maximum absolute atomic E-state index is 12.3. The topological polar surface area (TPSA) is 64.2 Å². The summed E-state index contributed by atoms with van der Waals surface area (Å²) in [4.78, 5) is 14.2. The average Bonchev–Trinajstić information content (AvgIpc) is 2.95. The van der Waals surface area contributed by atoms with Gasteiger partial charge in [0, 0.05) is 25.3 Å². The fraction of sp³-hybridized carbons (Fsp3) is 0.692. The van der Waals surface area contributed by atoms with Gasteiger partial charge in [-0.2, -0.15) is 5.10 Å². The highest BCUT2D eigenvalue weighted by Crippen LogP contribution is 2.29. The van der Waals surface area contributed by atoms with Crippen LogP contribution in [0.3, 0.4) is 0 Å². The fourth-order valence-electron chi connectivity index (χ4n) is 2.27. The summed E-state index contributed by atoms with van der Waals surface area (Å²) in [6, 6.07) is 2.07. The highest BCUT2D eigenvalue weighted by Gasteiger charge is 2.35. The van der Waals surface area contributed by atoms with E-state index in [4.69, 9.17) is 5.73 Å². The summed E-state index contributed by atoms with van der Waals surface area (Å²) in [5, 5.41) is 4.32. The van der Waals surface area contributed by atoms with Gasteiger partial charge in [0.25, 0.3) is 5.91 Å². The lowest BCUT2D eigenvalue weighted by atomic mass is 9.90. The van der Waals surface area contributed by atoms with E-state index in [9.17, 15) is 4.79 Å². The van der Waals surface area contributed by atoms with Crippen LogP contribution < -0.4 is 5.73 Å². The number of likely N-dealkylation sites (tertiary alicyclic amines) is 1. The van der Waals surface area contributed by atoms with Gasteiger partial charge in [-0.1, -0.05) is 6.92 Å². The Labute approximate surface area is 108 Å². The van der Waals surface area contributed by atoms with Crippen LogP contribution in [-0.2, 0) is 0 Å². The predicted molar refractivity (Wildman–Crippen MR) is 70.3 cm³/mol. The normalized spacial score (nSPS) is 23.9. The second-order valence-electron chi connectivity index (χ2n) is 5.77. The van der Waals surface area contributed by atoms with Crippen molar-refractivity contribution in [3.05, 3.63) is 18.0 Å². The quantitative estimate of drug-likeness (QED) is 0.878. The van der Waals surface area contributed by atoms with Crippen molar-refractivity contribution in [2.75, 3.05) is 19.6 Å². The molecule has 1 amide bonds. The number of aromatic nitrogens is 2. The van der Waals surface area contributed by atoms with Gasteiger partial charge < -0.3 is 10.6 Å². The monoisotopic (exact) mass is 250 g/mol. The number of carbonyl (C=O) groups excluding carboxylic acids is 1. The molecule has 2 N–H and O–H groups in total. The Hall–Kier alpha value is -1.36. The number of nitrogens with two attached hydrogens (primary N) is 1. The van der Waals surface area contributed by atoms with Crippen LogP contribution in [0.5, 0.6) is 0 Å². The van der Waals surface area contributed by atoms with E-state index < -0.39 is 0 Å². The molecule has 100 valence electrons. The molecule has 1 saturated heterocycles. The average molecular weight is 250 g/mol. The Morgan fingerprint density at radius 1 is 1.61 bits per heavy atom. The second-order valence-corrected chi connectivity index (χ2v) is 5.77. The first kappa shape index (κ1) is 13.1. The zero-order valence-corrected chi connectivity index (χ0v) is 11.4. The molecule has 1 aliphatic rings. The van der Waals surface area contributed by atoms with Crippen LogP contribution in [0.15, 0.2) is 12.3 Å². The number of rotatable bonds is 3. The lowest BCUT2D eigenvalue weighted by Crippen LogP contribution is -2.34. The maximum atomic E-state index is 12.3. The van der Waals surface area contributed by atoms with Gasteiger partial charge in [-0.3, -0.25) is 9.48 Å². The van der Waals surface area contributed by atoms with Crippen LogP contribution in [0.4, 0.5) is 0 Å². The molecule has 18 heavy (non-hydrogen) atoms. The van der Waals surface area contributed by atoms with E-state index in [0.717, 1.165) is 19.5 Å². The zero-order chi connectivity index (χ0) is 13.3. The van der Waals surface area contributed by atoms with Crippen LogP contribution in [0.25, 0.3) is 0 Å². The van der Waals surface area contributed by atoms with Gasteiger partial charge in [0.1, 0.15) is 5.69 Å². The third-order valence-electron chi connectivity index (χ3n) is 3.69. The van der Waals surface area contributed by atoms with E-state index in [-0.39, 0.29) is 17.4 Å². The van der Waals surface area contributed by atoms with Gasteiger partial charge in [-0.05, 0) is 38.3 Å². The van der Waals surface area contributed by atoms with Crippen LogP contribution in [0, 0.1) is 5.41 Å². The highest BCUT2D eigenvalue weighted by molar-refractivity contribution is 5.92. The van der Waals surface area contributed by atoms with Gasteiger partial charge in [-0.25, -0.2) is 0 Å². The summed E-state index contributed by atoms with van der Waals surface area (Å²) in [5.74, 6) is 0.0200. The van der Waals surface area contributed by atoms with Crippen molar-refractivity contribution in [2.45, 2.75) is 33.2 Å². The molecule has 0 radical (unpaired) electrons. The van der Waals surface area contributed by atoms with Crippen molar-refractivity contribution in [2.24, 2.45) is 11.1 Å². The van der Waals surface area contributed by atoms with E-state index in [1.54, 1.807) is 6.07 Å². The van der Waals surface area contributed by atoms with Gasteiger partial charge in [0.15, 0.2) is 0 Å². The predicted octanol–water partition coefficient (Wildman–Crippen LogP) is 1.27. The lowest BCUT2D eigenvalue weighted by Gasteiger charge is -2.22. The number of amides is 1. The summed E-state index contributed by atoms with van der Waals surface area (Å²) in [6.07, 6.45) is 2.83.